The van der Waals surface area contributed by atoms with Crippen molar-refractivity contribution >= 4 is 17.5 Å². The highest BCUT2D eigenvalue weighted by Gasteiger charge is 2.36. The van der Waals surface area contributed by atoms with E-state index in [4.69, 9.17) is 20.9 Å². The van der Waals surface area contributed by atoms with E-state index in [0.717, 1.165) is 11.3 Å². The Bertz CT molecular complexity index is 1200. The van der Waals surface area contributed by atoms with Crippen molar-refractivity contribution in [2.45, 2.75) is 5.92 Å². The van der Waals surface area contributed by atoms with Crippen molar-refractivity contribution < 1.29 is 14.1 Å². The van der Waals surface area contributed by atoms with E-state index in [2.05, 4.69) is 10.1 Å². The zero-order valence-corrected chi connectivity index (χ0v) is 17.2. The molecule has 4 aromatic rings. The van der Waals surface area contributed by atoms with Gasteiger partial charge in [0.15, 0.2) is 0 Å². The smallest absolute Gasteiger partial charge is 0.253 e. The summed E-state index contributed by atoms with van der Waals surface area (Å²) in [5, 5.41) is 4.66. The number of rotatable bonds is 5. The molecule has 0 spiro atoms. The topological polar surface area (TPSA) is 68.5 Å². The second-order valence-electron chi connectivity index (χ2n) is 7.31. The molecule has 0 N–H and O–H groups in total. The SMILES string of the molecule is O=C(c1ccc(Oc2ccccc2)cc1)N1CC(c2nc(-c3cccc(Cl)c3)no2)C1. The number of likely N-dealkylation sites (tertiary alicyclic amines) is 1. The summed E-state index contributed by atoms with van der Waals surface area (Å²) in [6.45, 7) is 1.08. The normalized spacial score (nSPS) is 13.6. The minimum absolute atomic E-state index is 0.0305. The average Bonchev–Trinajstić information content (AvgIpc) is 3.24. The number of ether oxygens (including phenoxy) is 1. The minimum atomic E-state index is -0.0305. The van der Waals surface area contributed by atoms with Crippen molar-refractivity contribution in [3.8, 4) is 22.9 Å². The van der Waals surface area contributed by atoms with Crippen LogP contribution in [0.3, 0.4) is 0 Å². The maximum Gasteiger partial charge on any atom is 0.253 e. The molecule has 31 heavy (non-hydrogen) atoms. The highest BCUT2D eigenvalue weighted by atomic mass is 35.5. The summed E-state index contributed by atoms with van der Waals surface area (Å²) in [7, 11) is 0. The second kappa shape index (κ2) is 8.24. The molecule has 1 aliphatic heterocycles. The van der Waals surface area contributed by atoms with Gasteiger partial charge in [-0.1, -0.05) is 47.1 Å². The van der Waals surface area contributed by atoms with Gasteiger partial charge in [0, 0.05) is 29.2 Å². The van der Waals surface area contributed by atoms with Gasteiger partial charge < -0.3 is 14.2 Å². The van der Waals surface area contributed by atoms with E-state index in [1.807, 2.05) is 42.5 Å². The molecule has 154 valence electrons. The summed E-state index contributed by atoms with van der Waals surface area (Å²) in [4.78, 5) is 19.0. The van der Waals surface area contributed by atoms with E-state index in [1.54, 1.807) is 41.3 Å². The van der Waals surface area contributed by atoms with Crippen LogP contribution in [0.15, 0.2) is 83.4 Å². The van der Waals surface area contributed by atoms with Crippen LogP contribution < -0.4 is 4.74 Å². The van der Waals surface area contributed by atoms with E-state index in [-0.39, 0.29) is 11.8 Å². The molecule has 2 heterocycles. The van der Waals surface area contributed by atoms with Gasteiger partial charge in [-0.3, -0.25) is 4.79 Å². The largest absolute Gasteiger partial charge is 0.457 e. The zero-order valence-electron chi connectivity index (χ0n) is 16.4. The number of amides is 1. The molecule has 3 aromatic carbocycles. The maximum atomic E-state index is 12.7. The van der Waals surface area contributed by atoms with Gasteiger partial charge in [0.2, 0.25) is 11.7 Å². The lowest BCUT2D eigenvalue weighted by Gasteiger charge is -2.37. The predicted molar refractivity (Wildman–Crippen MR) is 116 cm³/mol. The Morgan fingerprint density at radius 3 is 2.45 bits per heavy atom. The summed E-state index contributed by atoms with van der Waals surface area (Å²) in [6.07, 6.45) is 0. The molecule has 1 aliphatic rings. The fourth-order valence-corrected chi connectivity index (χ4v) is 3.61. The van der Waals surface area contributed by atoms with Crippen molar-refractivity contribution in [2.75, 3.05) is 13.1 Å². The first-order valence-electron chi connectivity index (χ1n) is 9.87. The van der Waals surface area contributed by atoms with Gasteiger partial charge in [0.05, 0.1) is 5.92 Å². The summed E-state index contributed by atoms with van der Waals surface area (Å²) >= 11 is 6.03. The maximum absolute atomic E-state index is 12.7. The molecule has 0 radical (unpaired) electrons. The monoisotopic (exact) mass is 431 g/mol. The molecule has 0 bridgehead atoms. The molecule has 1 fully saturated rings. The van der Waals surface area contributed by atoms with Gasteiger partial charge in [-0.25, -0.2) is 0 Å². The van der Waals surface area contributed by atoms with Crippen LogP contribution in [-0.4, -0.2) is 34.0 Å². The number of aromatic nitrogens is 2. The highest BCUT2D eigenvalue weighted by Crippen LogP contribution is 2.30. The van der Waals surface area contributed by atoms with Gasteiger partial charge in [-0.2, -0.15) is 4.98 Å². The number of halogens is 1. The van der Waals surface area contributed by atoms with E-state index < -0.39 is 0 Å². The third kappa shape index (κ3) is 4.15. The summed E-state index contributed by atoms with van der Waals surface area (Å²) in [6, 6.07) is 24.0. The number of carbonyl (C=O) groups excluding carboxylic acids is 1. The molecule has 6 nitrogen and oxygen atoms in total. The Morgan fingerprint density at radius 2 is 1.71 bits per heavy atom. The fraction of sp³-hybridized carbons (Fsp3) is 0.125. The third-order valence-corrected chi connectivity index (χ3v) is 5.36. The van der Waals surface area contributed by atoms with Crippen LogP contribution in [0.1, 0.15) is 22.2 Å². The molecule has 0 saturated carbocycles. The number of hydrogen-bond donors (Lipinski definition) is 0. The minimum Gasteiger partial charge on any atom is -0.457 e. The first-order valence-corrected chi connectivity index (χ1v) is 10.3. The van der Waals surface area contributed by atoms with E-state index in [1.165, 1.54) is 0 Å². The summed E-state index contributed by atoms with van der Waals surface area (Å²) in [5.74, 6) is 2.47. The van der Waals surface area contributed by atoms with Gasteiger partial charge in [-0.05, 0) is 48.5 Å². The molecule has 1 saturated heterocycles. The van der Waals surface area contributed by atoms with Crippen LogP contribution in [-0.2, 0) is 0 Å². The van der Waals surface area contributed by atoms with Crippen molar-refractivity contribution in [2.24, 2.45) is 0 Å². The standard InChI is InChI=1S/C24H18ClN3O3/c25-19-6-4-5-17(13-19)22-26-23(31-27-22)18-14-28(15-18)24(29)16-9-11-21(12-10-16)30-20-7-2-1-3-8-20/h1-13,18H,14-15H2. The Labute approximate surface area is 184 Å². The first kappa shape index (κ1) is 19.3. The fourth-order valence-electron chi connectivity index (χ4n) is 3.42. The molecule has 7 heteroatoms. The second-order valence-corrected chi connectivity index (χ2v) is 7.75. The quantitative estimate of drug-likeness (QED) is 0.422. The lowest BCUT2D eigenvalue weighted by Crippen LogP contribution is -2.48. The third-order valence-electron chi connectivity index (χ3n) is 5.12. The van der Waals surface area contributed by atoms with Crippen LogP contribution in [0.2, 0.25) is 5.02 Å². The molecule has 0 aliphatic carbocycles. The van der Waals surface area contributed by atoms with Crippen LogP contribution in [0.25, 0.3) is 11.4 Å². The first-order chi connectivity index (χ1) is 15.2. The molecule has 1 amide bonds. The van der Waals surface area contributed by atoms with E-state index in [0.29, 0.717) is 41.1 Å². The molecular weight excluding hydrogens is 414 g/mol. The van der Waals surface area contributed by atoms with Crippen LogP contribution in [0.5, 0.6) is 11.5 Å². The van der Waals surface area contributed by atoms with Gasteiger partial charge in [-0.15, -0.1) is 0 Å². The molecule has 0 unspecified atom stereocenters. The van der Waals surface area contributed by atoms with Crippen molar-refractivity contribution in [3.05, 3.63) is 95.3 Å². The van der Waals surface area contributed by atoms with Crippen molar-refractivity contribution in [1.29, 1.82) is 0 Å². The molecule has 1 aromatic heterocycles. The number of para-hydroxylation sites is 1. The molecule has 0 atom stereocenters. The van der Waals surface area contributed by atoms with Gasteiger partial charge in [0.25, 0.3) is 5.91 Å². The molecular formula is C24H18ClN3O3. The Hall–Kier alpha value is -3.64. The summed E-state index contributed by atoms with van der Waals surface area (Å²) < 4.78 is 11.2. The number of benzene rings is 3. The van der Waals surface area contributed by atoms with Crippen molar-refractivity contribution in [1.82, 2.24) is 15.0 Å². The lowest BCUT2D eigenvalue weighted by atomic mass is 9.98. The van der Waals surface area contributed by atoms with Gasteiger partial charge >= 0.3 is 0 Å². The Kier molecular flexibility index (Phi) is 5.14. The van der Waals surface area contributed by atoms with Gasteiger partial charge in [0.1, 0.15) is 11.5 Å². The van der Waals surface area contributed by atoms with Crippen molar-refractivity contribution in [3.63, 3.8) is 0 Å². The summed E-state index contributed by atoms with van der Waals surface area (Å²) in [5.41, 5.74) is 1.41. The number of hydrogen-bond acceptors (Lipinski definition) is 5. The lowest BCUT2D eigenvalue weighted by molar-refractivity contribution is 0.0569. The van der Waals surface area contributed by atoms with E-state index in [9.17, 15) is 4.79 Å². The van der Waals surface area contributed by atoms with Crippen LogP contribution >= 0.6 is 11.6 Å². The predicted octanol–water partition coefficient (Wildman–Crippen LogP) is 5.42. The zero-order chi connectivity index (χ0) is 21.2. The Morgan fingerprint density at radius 1 is 0.968 bits per heavy atom. The van der Waals surface area contributed by atoms with Crippen LogP contribution in [0, 0.1) is 0 Å². The highest BCUT2D eigenvalue weighted by molar-refractivity contribution is 6.30. The van der Waals surface area contributed by atoms with Crippen LogP contribution in [0.4, 0.5) is 0 Å². The number of carbonyl (C=O) groups is 1. The van der Waals surface area contributed by atoms with E-state index >= 15 is 0 Å². The molecule has 5 rings (SSSR count). The average molecular weight is 432 g/mol. The Balaban J connectivity index is 1.19. The number of nitrogens with zero attached hydrogens (tertiary/aromatic N) is 3.